The van der Waals surface area contributed by atoms with Gasteiger partial charge in [-0.1, -0.05) is 26.0 Å². The first-order valence-corrected chi connectivity index (χ1v) is 5.06. The van der Waals surface area contributed by atoms with Gasteiger partial charge in [-0.05, 0) is 18.1 Å². The second-order valence-electron chi connectivity index (χ2n) is 3.80. The van der Waals surface area contributed by atoms with Crippen LogP contribution in [0.5, 0.6) is 5.75 Å². The first-order chi connectivity index (χ1) is 7.15. The summed E-state index contributed by atoms with van der Waals surface area (Å²) < 4.78 is 5.11. The Morgan fingerprint density at radius 1 is 1.40 bits per heavy atom. The van der Waals surface area contributed by atoms with Crippen molar-refractivity contribution in [2.75, 3.05) is 13.7 Å². The number of benzene rings is 1. The minimum atomic E-state index is -0.0823. The first kappa shape index (κ1) is 11.6. The highest BCUT2D eigenvalue weighted by Gasteiger charge is 2.10. The van der Waals surface area contributed by atoms with E-state index in [0.717, 1.165) is 0 Å². The fourth-order valence-electron chi connectivity index (χ4n) is 1.22. The molecule has 0 heterocycles. The molecule has 0 bridgehead atoms. The molecule has 3 heteroatoms. The molecule has 0 fully saturated rings. The van der Waals surface area contributed by atoms with Crippen LogP contribution in [0.2, 0.25) is 0 Å². The molecule has 0 aliphatic carbocycles. The zero-order valence-electron chi connectivity index (χ0n) is 9.41. The number of nitrogens with one attached hydrogen (secondary N) is 1. The highest BCUT2D eigenvalue weighted by Crippen LogP contribution is 2.16. The summed E-state index contributed by atoms with van der Waals surface area (Å²) in [7, 11) is 1.56. The average Bonchev–Trinajstić information content (AvgIpc) is 2.25. The number of carbonyl (C=O) groups excluding carboxylic acids is 1. The van der Waals surface area contributed by atoms with Gasteiger partial charge in [0, 0.05) is 6.54 Å². The van der Waals surface area contributed by atoms with Gasteiger partial charge in [-0.2, -0.15) is 0 Å². The molecule has 0 aliphatic rings. The molecule has 0 atom stereocenters. The van der Waals surface area contributed by atoms with Gasteiger partial charge in [0.2, 0.25) is 0 Å². The summed E-state index contributed by atoms with van der Waals surface area (Å²) >= 11 is 0. The molecule has 0 saturated carbocycles. The van der Waals surface area contributed by atoms with Crippen LogP contribution < -0.4 is 10.1 Å². The fourth-order valence-corrected chi connectivity index (χ4v) is 1.22. The molecular formula is C12H17NO2. The van der Waals surface area contributed by atoms with Gasteiger partial charge in [-0.3, -0.25) is 4.79 Å². The van der Waals surface area contributed by atoms with Crippen molar-refractivity contribution in [3.8, 4) is 5.75 Å². The molecule has 1 N–H and O–H groups in total. The van der Waals surface area contributed by atoms with Crippen LogP contribution in [0.15, 0.2) is 24.3 Å². The number of methoxy groups -OCH3 is 1. The predicted octanol–water partition coefficient (Wildman–Crippen LogP) is 2.08. The highest BCUT2D eigenvalue weighted by atomic mass is 16.5. The van der Waals surface area contributed by atoms with Crippen molar-refractivity contribution >= 4 is 5.91 Å². The van der Waals surface area contributed by atoms with E-state index in [-0.39, 0.29) is 5.91 Å². The number of hydrogen-bond acceptors (Lipinski definition) is 2. The topological polar surface area (TPSA) is 38.3 Å². The van der Waals surface area contributed by atoms with Gasteiger partial charge in [0.15, 0.2) is 0 Å². The molecule has 3 nitrogen and oxygen atoms in total. The molecule has 0 unspecified atom stereocenters. The van der Waals surface area contributed by atoms with E-state index in [1.165, 1.54) is 0 Å². The summed E-state index contributed by atoms with van der Waals surface area (Å²) in [6.07, 6.45) is 0. The number of para-hydroxylation sites is 1. The summed E-state index contributed by atoms with van der Waals surface area (Å²) in [5, 5.41) is 2.85. The standard InChI is InChI=1S/C12H17NO2/c1-9(2)8-13-12(14)10-6-4-5-7-11(10)15-3/h4-7,9H,8H2,1-3H3,(H,13,14). The summed E-state index contributed by atoms with van der Waals surface area (Å²) in [6.45, 7) is 4.79. The van der Waals surface area contributed by atoms with E-state index in [1.807, 2.05) is 12.1 Å². The van der Waals surface area contributed by atoms with Gasteiger partial charge in [-0.15, -0.1) is 0 Å². The van der Waals surface area contributed by atoms with Crippen molar-refractivity contribution < 1.29 is 9.53 Å². The van der Waals surface area contributed by atoms with E-state index in [1.54, 1.807) is 19.2 Å². The van der Waals surface area contributed by atoms with E-state index >= 15 is 0 Å². The molecule has 1 aromatic carbocycles. The third kappa shape index (κ3) is 3.27. The number of carbonyl (C=O) groups is 1. The van der Waals surface area contributed by atoms with Crippen LogP contribution in [0.4, 0.5) is 0 Å². The normalized spacial score (nSPS) is 10.1. The van der Waals surface area contributed by atoms with Crippen LogP contribution in [0.3, 0.4) is 0 Å². The number of hydrogen-bond donors (Lipinski definition) is 1. The molecule has 0 aromatic heterocycles. The van der Waals surface area contributed by atoms with Gasteiger partial charge >= 0.3 is 0 Å². The van der Waals surface area contributed by atoms with Crippen LogP contribution in [-0.4, -0.2) is 19.6 Å². The summed E-state index contributed by atoms with van der Waals surface area (Å²) in [4.78, 5) is 11.7. The second-order valence-corrected chi connectivity index (χ2v) is 3.80. The van der Waals surface area contributed by atoms with Gasteiger partial charge in [-0.25, -0.2) is 0 Å². The zero-order chi connectivity index (χ0) is 11.3. The Hall–Kier alpha value is -1.51. The minimum Gasteiger partial charge on any atom is -0.496 e. The summed E-state index contributed by atoms with van der Waals surface area (Å²) in [6, 6.07) is 7.21. The maximum absolute atomic E-state index is 11.7. The quantitative estimate of drug-likeness (QED) is 0.821. The molecule has 1 rings (SSSR count). The molecular weight excluding hydrogens is 190 g/mol. The van der Waals surface area contributed by atoms with Crippen molar-refractivity contribution in [1.29, 1.82) is 0 Å². The Kier molecular flexibility index (Phi) is 4.16. The van der Waals surface area contributed by atoms with Crippen molar-refractivity contribution in [3.05, 3.63) is 29.8 Å². The molecule has 1 aromatic rings. The largest absolute Gasteiger partial charge is 0.496 e. The van der Waals surface area contributed by atoms with Gasteiger partial charge in [0.1, 0.15) is 5.75 Å². The van der Waals surface area contributed by atoms with E-state index in [0.29, 0.717) is 23.8 Å². The van der Waals surface area contributed by atoms with Crippen molar-refractivity contribution in [2.24, 2.45) is 5.92 Å². The Morgan fingerprint density at radius 3 is 2.67 bits per heavy atom. The number of rotatable bonds is 4. The minimum absolute atomic E-state index is 0.0823. The van der Waals surface area contributed by atoms with Crippen molar-refractivity contribution in [1.82, 2.24) is 5.32 Å². The maximum Gasteiger partial charge on any atom is 0.255 e. The van der Waals surface area contributed by atoms with Crippen molar-refractivity contribution in [2.45, 2.75) is 13.8 Å². The van der Waals surface area contributed by atoms with Crippen LogP contribution >= 0.6 is 0 Å². The first-order valence-electron chi connectivity index (χ1n) is 5.06. The molecule has 15 heavy (non-hydrogen) atoms. The van der Waals surface area contributed by atoms with Gasteiger partial charge in [0.25, 0.3) is 5.91 Å². The Bertz CT molecular complexity index is 334. The molecule has 0 spiro atoms. The smallest absolute Gasteiger partial charge is 0.255 e. The highest BCUT2D eigenvalue weighted by molar-refractivity contribution is 5.96. The number of amides is 1. The van der Waals surface area contributed by atoms with Crippen LogP contribution in [-0.2, 0) is 0 Å². The van der Waals surface area contributed by atoms with E-state index < -0.39 is 0 Å². The van der Waals surface area contributed by atoms with Gasteiger partial charge in [0.05, 0.1) is 12.7 Å². The second kappa shape index (κ2) is 5.39. The molecule has 0 radical (unpaired) electrons. The Balaban J connectivity index is 2.72. The lowest BCUT2D eigenvalue weighted by atomic mass is 10.1. The lowest BCUT2D eigenvalue weighted by molar-refractivity contribution is 0.0946. The Labute approximate surface area is 90.4 Å². The van der Waals surface area contributed by atoms with E-state index in [4.69, 9.17) is 4.74 Å². The van der Waals surface area contributed by atoms with Crippen LogP contribution in [0, 0.1) is 5.92 Å². The average molecular weight is 207 g/mol. The van der Waals surface area contributed by atoms with Crippen molar-refractivity contribution in [3.63, 3.8) is 0 Å². The lowest BCUT2D eigenvalue weighted by Gasteiger charge is -2.10. The molecule has 1 amide bonds. The predicted molar refractivity (Wildman–Crippen MR) is 60.2 cm³/mol. The Morgan fingerprint density at radius 2 is 2.07 bits per heavy atom. The summed E-state index contributed by atoms with van der Waals surface area (Å²) in [5.74, 6) is 0.976. The third-order valence-electron chi connectivity index (χ3n) is 2.02. The lowest BCUT2D eigenvalue weighted by Crippen LogP contribution is -2.27. The maximum atomic E-state index is 11.7. The molecule has 0 saturated heterocycles. The van der Waals surface area contributed by atoms with Gasteiger partial charge < -0.3 is 10.1 Å². The molecule has 0 aliphatic heterocycles. The SMILES string of the molecule is COc1ccccc1C(=O)NCC(C)C. The summed E-state index contributed by atoms with van der Waals surface area (Å²) in [5.41, 5.74) is 0.584. The zero-order valence-corrected chi connectivity index (χ0v) is 9.41. The van der Waals surface area contributed by atoms with Crippen LogP contribution in [0.1, 0.15) is 24.2 Å². The third-order valence-corrected chi connectivity index (χ3v) is 2.02. The van der Waals surface area contributed by atoms with E-state index in [2.05, 4.69) is 19.2 Å². The fraction of sp³-hybridized carbons (Fsp3) is 0.417. The van der Waals surface area contributed by atoms with E-state index in [9.17, 15) is 4.79 Å². The monoisotopic (exact) mass is 207 g/mol. The van der Waals surface area contributed by atoms with Crippen LogP contribution in [0.25, 0.3) is 0 Å². The molecule has 82 valence electrons. The number of ether oxygens (including phenoxy) is 1.